The lowest BCUT2D eigenvalue weighted by molar-refractivity contribution is 0.541. The Bertz CT molecular complexity index is 577. The van der Waals surface area contributed by atoms with Gasteiger partial charge in [-0.2, -0.15) is 0 Å². The molecule has 21 heavy (non-hydrogen) atoms. The first-order chi connectivity index (χ1) is 10.0. The number of hydrogen-bond acceptors (Lipinski definition) is 1. The van der Waals surface area contributed by atoms with Gasteiger partial charge in [-0.3, -0.25) is 0 Å². The quantitative estimate of drug-likeness (QED) is 0.785. The van der Waals surface area contributed by atoms with Crippen molar-refractivity contribution in [3.8, 4) is 0 Å². The first-order valence-electron chi connectivity index (χ1n) is 6.97. The summed E-state index contributed by atoms with van der Waals surface area (Å²) < 4.78 is 28.6. The lowest BCUT2D eigenvalue weighted by Crippen LogP contribution is -2.25. The molecule has 0 heterocycles. The molecular formula is C17H18BrF2N. The molecule has 1 unspecified atom stereocenters. The predicted molar refractivity (Wildman–Crippen MR) is 85.4 cm³/mol. The highest BCUT2D eigenvalue weighted by Gasteiger charge is 2.20. The van der Waals surface area contributed by atoms with E-state index in [1.54, 1.807) is 18.2 Å². The Hall–Kier alpha value is -1.26. The number of rotatable bonds is 5. The molecule has 0 saturated heterocycles. The molecule has 0 aliphatic heterocycles. The van der Waals surface area contributed by atoms with Crippen LogP contribution in [0.3, 0.4) is 0 Å². The average molecular weight is 354 g/mol. The summed E-state index contributed by atoms with van der Waals surface area (Å²) in [4.78, 5) is 0. The van der Waals surface area contributed by atoms with E-state index in [9.17, 15) is 8.78 Å². The van der Waals surface area contributed by atoms with Crippen molar-refractivity contribution in [3.63, 3.8) is 0 Å². The van der Waals surface area contributed by atoms with Gasteiger partial charge in [0.25, 0.3) is 0 Å². The molecule has 112 valence electrons. The Morgan fingerprint density at radius 3 is 2.57 bits per heavy atom. The standard InChI is InChI=1S/C17H18BrF2N/c1-3-8-21-17(14-10-13(19)6-4-11(14)2)15-9-12(18)5-7-16(15)20/h4-7,9-10,17,21H,3,8H2,1-2H3. The summed E-state index contributed by atoms with van der Waals surface area (Å²) in [6.45, 7) is 4.68. The van der Waals surface area contributed by atoms with Gasteiger partial charge in [0.1, 0.15) is 11.6 Å². The molecule has 2 aromatic carbocycles. The molecule has 1 N–H and O–H groups in total. The lowest BCUT2D eigenvalue weighted by Gasteiger charge is -2.22. The maximum absolute atomic E-state index is 14.2. The van der Waals surface area contributed by atoms with E-state index in [1.165, 1.54) is 18.2 Å². The van der Waals surface area contributed by atoms with E-state index >= 15 is 0 Å². The molecule has 0 aliphatic carbocycles. The average Bonchev–Trinajstić information content (AvgIpc) is 2.46. The van der Waals surface area contributed by atoms with Crippen LogP contribution in [0.25, 0.3) is 0 Å². The van der Waals surface area contributed by atoms with E-state index in [-0.39, 0.29) is 17.7 Å². The summed E-state index contributed by atoms with van der Waals surface area (Å²) in [5, 5.41) is 3.31. The maximum atomic E-state index is 14.2. The molecule has 0 aromatic heterocycles. The smallest absolute Gasteiger partial charge is 0.128 e. The van der Waals surface area contributed by atoms with Crippen molar-refractivity contribution in [1.82, 2.24) is 5.32 Å². The summed E-state index contributed by atoms with van der Waals surface area (Å²) in [5.41, 5.74) is 2.22. The van der Waals surface area contributed by atoms with Gasteiger partial charge in [0.05, 0.1) is 6.04 Å². The number of aryl methyl sites for hydroxylation is 1. The minimum atomic E-state index is -0.363. The number of hydrogen-bond donors (Lipinski definition) is 1. The number of benzene rings is 2. The molecule has 0 saturated carbocycles. The van der Waals surface area contributed by atoms with Gasteiger partial charge in [-0.25, -0.2) is 8.78 Å². The van der Waals surface area contributed by atoms with Crippen molar-refractivity contribution in [2.45, 2.75) is 26.3 Å². The van der Waals surface area contributed by atoms with Crippen molar-refractivity contribution in [3.05, 3.63) is 69.2 Å². The molecule has 0 bridgehead atoms. The van der Waals surface area contributed by atoms with Crippen LogP contribution in [0, 0.1) is 18.6 Å². The third-order valence-corrected chi connectivity index (χ3v) is 3.91. The van der Waals surface area contributed by atoms with E-state index in [0.717, 1.165) is 28.6 Å². The molecule has 0 amide bonds. The van der Waals surface area contributed by atoms with Gasteiger partial charge in [-0.05, 0) is 61.3 Å². The summed E-state index contributed by atoms with van der Waals surface area (Å²) in [6, 6.07) is 9.09. The Morgan fingerprint density at radius 1 is 1.10 bits per heavy atom. The fourth-order valence-corrected chi connectivity index (χ4v) is 2.71. The van der Waals surface area contributed by atoms with Crippen LogP contribution in [-0.4, -0.2) is 6.54 Å². The zero-order valence-corrected chi connectivity index (χ0v) is 13.7. The minimum absolute atomic E-state index is 0.296. The Labute approximate surface area is 132 Å². The maximum Gasteiger partial charge on any atom is 0.128 e. The molecule has 0 aliphatic rings. The van der Waals surface area contributed by atoms with Crippen molar-refractivity contribution in [2.75, 3.05) is 6.54 Å². The zero-order chi connectivity index (χ0) is 15.4. The van der Waals surface area contributed by atoms with Crippen LogP contribution in [0.4, 0.5) is 8.78 Å². The van der Waals surface area contributed by atoms with E-state index in [2.05, 4.69) is 21.2 Å². The summed E-state index contributed by atoms with van der Waals surface area (Å²) >= 11 is 3.37. The third-order valence-electron chi connectivity index (χ3n) is 3.42. The number of nitrogens with one attached hydrogen (secondary N) is 1. The van der Waals surface area contributed by atoms with Gasteiger partial charge >= 0.3 is 0 Å². The molecule has 0 radical (unpaired) electrons. The summed E-state index contributed by atoms with van der Waals surface area (Å²) in [5.74, 6) is -0.607. The second kappa shape index (κ2) is 7.14. The predicted octanol–water partition coefficient (Wildman–Crippen LogP) is 5.12. The largest absolute Gasteiger partial charge is 0.306 e. The van der Waals surface area contributed by atoms with Gasteiger partial charge in [0.2, 0.25) is 0 Å². The monoisotopic (exact) mass is 353 g/mol. The highest BCUT2D eigenvalue weighted by atomic mass is 79.9. The Balaban J connectivity index is 2.52. The van der Waals surface area contributed by atoms with Crippen LogP contribution in [0.1, 0.15) is 36.1 Å². The highest BCUT2D eigenvalue weighted by molar-refractivity contribution is 9.10. The van der Waals surface area contributed by atoms with Crippen molar-refractivity contribution in [1.29, 1.82) is 0 Å². The summed E-state index contributed by atoms with van der Waals surface area (Å²) in [6.07, 6.45) is 0.917. The van der Waals surface area contributed by atoms with Crippen molar-refractivity contribution in [2.24, 2.45) is 0 Å². The van der Waals surface area contributed by atoms with Crippen LogP contribution in [-0.2, 0) is 0 Å². The third kappa shape index (κ3) is 3.89. The van der Waals surface area contributed by atoms with Gasteiger partial charge < -0.3 is 5.32 Å². The Kier molecular flexibility index (Phi) is 5.48. The highest BCUT2D eigenvalue weighted by Crippen LogP contribution is 2.29. The minimum Gasteiger partial charge on any atom is -0.306 e. The van der Waals surface area contributed by atoms with E-state index in [0.29, 0.717) is 5.56 Å². The van der Waals surface area contributed by atoms with Gasteiger partial charge in [-0.15, -0.1) is 0 Å². The van der Waals surface area contributed by atoms with Gasteiger partial charge in [0, 0.05) is 10.0 Å². The fourth-order valence-electron chi connectivity index (χ4n) is 2.33. The zero-order valence-electron chi connectivity index (χ0n) is 12.1. The normalized spacial score (nSPS) is 12.4. The van der Waals surface area contributed by atoms with Crippen LogP contribution in [0.5, 0.6) is 0 Å². The van der Waals surface area contributed by atoms with Crippen LogP contribution >= 0.6 is 15.9 Å². The van der Waals surface area contributed by atoms with Crippen molar-refractivity contribution < 1.29 is 8.78 Å². The van der Waals surface area contributed by atoms with Crippen LogP contribution in [0.15, 0.2) is 40.9 Å². The van der Waals surface area contributed by atoms with Crippen LogP contribution in [0.2, 0.25) is 0 Å². The molecule has 4 heteroatoms. The van der Waals surface area contributed by atoms with Crippen molar-refractivity contribution >= 4 is 15.9 Å². The fraction of sp³-hybridized carbons (Fsp3) is 0.294. The molecule has 1 nitrogen and oxygen atoms in total. The van der Waals surface area contributed by atoms with Gasteiger partial charge in [0.15, 0.2) is 0 Å². The molecule has 0 spiro atoms. The molecule has 0 fully saturated rings. The molecular weight excluding hydrogens is 336 g/mol. The molecule has 1 atom stereocenters. The first-order valence-corrected chi connectivity index (χ1v) is 7.76. The van der Waals surface area contributed by atoms with E-state index in [1.807, 2.05) is 13.8 Å². The second-order valence-corrected chi connectivity index (χ2v) is 5.97. The van der Waals surface area contributed by atoms with E-state index < -0.39 is 0 Å². The van der Waals surface area contributed by atoms with Gasteiger partial charge in [-0.1, -0.05) is 28.9 Å². The Morgan fingerprint density at radius 2 is 1.86 bits per heavy atom. The van der Waals surface area contributed by atoms with Crippen LogP contribution < -0.4 is 5.32 Å². The first kappa shape index (κ1) is 16.1. The topological polar surface area (TPSA) is 12.0 Å². The summed E-state index contributed by atoms with van der Waals surface area (Å²) in [7, 11) is 0. The molecule has 2 aromatic rings. The van der Waals surface area contributed by atoms with E-state index in [4.69, 9.17) is 0 Å². The lowest BCUT2D eigenvalue weighted by atomic mass is 9.94. The SMILES string of the molecule is CCCNC(c1cc(F)ccc1C)c1cc(Br)ccc1F. The second-order valence-electron chi connectivity index (χ2n) is 5.05. The molecule has 2 rings (SSSR count). The number of halogens is 3.